The molecule has 1 unspecified atom stereocenters. The van der Waals surface area contributed by atoms with Crippen molar-refractivity contribution in [3.63, 3.8) is 0 Å². The van der Waals surface area contributed by atoms with Crippen LogP contribution in [0, 0.1) is 0 Å². The van der Waals surface area contributed by atoms with E-state index in [2.05, 4.69) is 6.92 Å². The van der Waals surface area contributed by atoms with Gasteiger partial charge in [-0.25, -0.2) is 0 Å². The Morgan fingerprint density at radius 3 is 1.89 bits per heavy atom. The van der Waals surface area contributed by atoms with E-state index in [1.807, 2.05) is 0 Å². The standard InChI is InChI=1S/C15H30O3/c1-4-5-6-7-8-9-10-11-12-13-15(17-3)18-14(2)16/h15H,4-13H2,1-3H3. The topological polar surface area (TPSA) is 35.5 Å². The lowest BCUT2D eigenvalue weighted by Crippen LogP contribution is -2.18. The van der Waals surface area contributed by atoms with Gasteiger partial charge in [-0.1, -0.05) is 58.3 Å². The normalized spacial score (nSPS) is 12.4. The Hall–Kier alpha value is -0.570. The maximum absolute atomic E-state index is 10.8. The first-order valence-electron chi connectivity index (χ1n) is 7.40. The van der Waals surface area contributed by atoms with Crippen molar-refractivity contribution >= 4 is 5.97 Å². The summed E-state index contributed by atoms with van der Waals surface area (Å²) in [4.78, 5) is 10.8. The SMILES string of the molecule is CCCCCCCCCCCC(OC)OC(C)=O. The molecule has 0 aromatic rings. The molecule has 0 aliphatic carbocycles. The molecular weight excluding hydrogens is 228 g/mol. The second kappa shape index (κ2) is 12.9. The van der Waals surface area contributed by atoms with Crippen LogP contribution in [-0.4, -0.2) is 19.4 Å². The van der Waals surface area contributed by atoms with Gasteiger partial charge in [-0.05, 0) is 6.42 Å². The van der Waals surface area contributed by atoms with Crippen molar-refractivity contribution in [3.8, 4) is 0 Å². The highest BCUT2D eigenvalue weighted by Crippen LogP contribution is 2.12. The molecule has 0 aromatic carbocycles. The molecule has 1 atom stereocenters. The molecule has 0 radical (unpaired) electrons. The maximum Gasteiger partial charge on any atom is 0.304 e. The van der Waals surface area contributed by atoms with Gasteiger partial charge in [0.2, 0.25) is 6.29 Å². The summed E-state index contributed by atoms with van der Waals surface area (Å²) in [6.07, 6.45) is 12.1. The minimum atomic E-state index is -0.355. The highest BCUT2D eigenvalue weighted by atomic mass is 16.7. The molecule has 108 valence electrons. The molecule has 0 fully saturated rings. The predicted molar refractivity (Wildman–Crippen MR) is 74.4 cm³/mol. The van der Waals surface area contributed by atoms with Gasteiger partial charge < -0.3 is 9.47 Å². The molecule has 0 N–H and O–H groups in total. The molecule has 0 bridgehead atoms. The molecule has 0 heterocycles. The van der Waals surface area contributed by atoms with E-state index in [0.717, 1.165) is 12.8 Å². The van der Waals surface area contributed by atoms with Crippen LogP contribution in [0.25, 0.3) is 0 Å². The number of unbranched alkanes of at least 4 members (excludes halogenated alkanes) is 8. The summed E-state index contributed by atoms with van der Waals surface area (Å²) in [6, 6.07) is 0. The summed E-state index contributed by atoms with van der Waals surface area (Å²) in [5, 5.41) is 0. The van der Waals surface area contributed by atoms with E-state index in [9.17, 15) is 4.79 Å². The first-order chi connectivity index (χ1) is 8.70. The van der Waals surface area contributed by atoms with Crippen LogP contribution in [0.15, 0.2) is 0 Å². The van der Waals surface area contributed by atoms with Gasteiger partial charge >= 0.3 is 5.97 Å². The van der Waals surface area contributed by atoms with E-state index in [1.165, 1.54) is 58.3 Å². The Bertz CT molecular complexity index is 192. The van der Waals surface area contributed by atoms with E-state index in [1.54, 1.807) is 7.11 Å². The van der Waals surface area contributed by atoms with Crippen LogP contribution in [-0.2, 0) is 14.3 Å². The smallest absolute Gasteiger partial charge is 0.304 e. The van der Waals surface area contributed by atoms with Crippen molar-refractivity contribution in [2.24, 2.45) is 0 Å². The fourth-order valence-corrected chi connectivity index (χ4v) is 2.03. The van der Waals surface area contributed by atoms with Gasteiger partial charge in [0.25, 0.3) is 0 Å². The number of ether oxygens (including phenoxy) is 2. The van der Waals surface area contributed by atoms with Crippen molar-refractivity contribution in [2.45, 2.75) is 84.3 Å². The zero-order valence-electron chi connectivity index (χ0n) is 12.4. The Kier molecular flexibility index (Phi) is 12.5. The minimum Gasteiger partial charge on any atom is -0.436 e. The summed E-state index contributed by atoms with van der Waals surface area (Å²) in [6.45, 7) is 3.66. The highest BCUT2D eigenvalue weighted by Gasteiger charge is 2.09. The molecular formula is C15H30O3. The van der Waals surface area contributed by atoms with Crippen LogP contribution in [0.1, 0.15) is 78.1 Å². The molecule has 0 aliphatic rings. The number of hydrogen-bond donors (Lipinski definition) is 0. The summed E-state index contributed by atoms with van der Waals surface area (Å²) in [7, 11) is 1.58. The Labute approximate surface area is 112 Å². The highest BCUT2D eigenvalue weighted by molar-refractivity contribution is 5.66. The Morgan fingerprint density at radius 2 is 1.44 bits per heavy atom. The van der Waals surface area contributed by atoms with Gasteiger partial charge in [0, 0.05) is 20.5 Å². The average molecular weight is 258 g/mol. The van der Waals surface area contributed by atoms with E-state index < -0.39 is 0 Å². The first-order valence-corrected chi connectivity index (χ1v) is 7.40. The average Bonchev–Trinajstić information content (AvgIpc) is 2.35. The molecule has 18 heavy (non-hydrogen) atoms. The maximum atomic E-state index is 10.8. The number of carbonyl (C=O) groups excluding carboxylic acids is 1. The zero-order chi connectivity index (χ0) is 13.6. The summed E-state index contributed by atoms with van der Waals surface area (Å²) in [5.74, 6) is -0.266. The minimum absolute atomic E-state index is 0.266. The van der Waals surface area contributed by atoms with Crippen LogP contribution in [0.5, 0.6) is 0 Å². The fourth-order valence-electron chi connectivity index (χ4n) is 2.03. The summed E-state index contributed by atoms with van der Waals surface area (Å²) >= 11 is 0. The van der Waals surface area contributed by atoms with Crippen molar-refractivity contribution in [2.75, 3.05) is 7.11 Å². The van der Waals surface area contributed by atoms with E-state index in [-0.39, 0.29) is 12.3 Å². The van der Waals surface area contributed by atoms with Crippen LogP contribution in [0.2, 0.25) is 0 Å². The Morgan fingerprint density at radius 1 is 0.944 bits per heavy atom. The monoisotopic (exact) mass is 258 g/mol. The third kappa shape index (κ3) is 11.9. The molecule has 0 amide bonds. The van der Waals surface area contributed by atoms with Crippen LogP contribution in [0.3, 0.4) is 0 Å². The molecule has 0 rings (SSSR count). The molecule has 0 aromatic heterocycles. The second-order valence-electron chi connectivity index (χ2n) is 4.89. The number of carbonyl (C=O) groups is 1. The fraction of sp³-hybridized carbons (Fsp3) is 0.933. The van der Waals surface area contributed by atoms with Crippen molar-refractivity contribution in [1.29, 1.82) is 0 Å². The predicted octanol–water partition coefficient (Wildman–Crippen LogP) is 4.44. The van der Waals surface area contributed by atoms with Gasteiger partial charge in [-0.2, -0.15) is 0 Å². The molecule has 0 aliphatic heterocycles. The second-order valence-corrected chi connectivity index (χ2v) is 4.89. The lowest BCUT2D eigenvalue weighted by molar-refractivity contribution is -0.172. The van der Waals surface area contributed by atoms with Crippen LogP contribution in [0.4, 0.5) is 0 Å². The van der Waals surface area contributed by atoms with Gasteiger partial charge in [0.05, 0.1) is 0 Å². The number of rotatable bonds is 12. The van der Waals surface area contributed by atoms with Crippen molar-refractivity contribution < 1.29 is 14.3 Å². The largest absolute Gasteiger partial charge is 0.436 e. The van der Waals surface area contributed by atoms with Crippen molar-refractivity contribution in [1.82, 2.24) is 0 Å². The van der Waals surface area contributed by atoms with E-state index >= 15 is 0 Å². The van der Waals surface area contributed by atoms with Crippen LogP contribution < -0.4 is 0 Å². The molecule has 0 saturated carbocycles. The van der Waals surface area contributed by atoms with Gasteiger partial charge in [-0.3, -0.25) is 4.79 Å². The van der Waals surface area contributed by atoms with Crippen LogP contribution >= 0.6 is 0 Å². The third-order valence-corrected chi connectivity index (χ3v) is 3.10. The number of hydrogen-bond acceptors (Lipinski definition) is 3. The quantitative estimate of drug-likeness (QED) is 0.295. The summed E-state index contributed by atoms with van der Waals surface area (Å²) < 4.78 is 10.1. The third-order valence-electron chi connectivity index (χ3n) is 3.10. The lowest BCUT2D eigenvalue weighted by Gasteiger charge is -2.14. The molecule has 3 heteroatoms. The van der Waals surface area contributed by atoms with E-state index in [0.29, 0.717) is 0 Å². The van der Waals surface area contributed by atoms with E-state index in [4.69, 9.17) is 9.47 Å². The summed E-state index contributed by atoms with van der Waals surface area (Å²) in [5.41, 5.74) is 0. The number of esters is 1. The molecule has 0 spiro atoms. The molecule has 0 saturated heterocycles. The lowest BCUT2D eigenvalue weighted by atomic mass is 10.1. The van der Waals surface area contributed by atoms with Gasteiger partial charge in [0.15, 0.2) is 0 Å². The zero-order valence-corrected chi connectivity index (χ0v) is 12.4. The Balaban J connectivity index is 3.25. The van der Waals surface area contributed by atoms with Crippen molar-refractivity contribution in [3.05, 3.63) is 0 Å². The first kappa shape index (κ1) is 17.4. The van der Waals surface area contributed by atoms with Gasteiger partial charge in [-0.15, -0.1) is 0 Å². The van der Waals surface area contributed by atoms with Gasteiger partial charge in [0.1, 0.15) is 0 Å². The number of methoxy groups -OCH3 is 1. The molecule has 3 nitrogen and oxygen atoms in total.